The van der Waals surface area contributed by atoms with Crippen molar-refractivity contribution in [1.82, 2.24) is 0 Å². The SMILES string of the molecule is CCC1(OC(=O)COC(=O)c2ccc3c(c2)C(=O)c2ccccc2S3(C)c2ccc(C(C)(C)C)cc2)CCCC1. The summed E-state index contributed by atoms with van der Waals surface area (Å²) in [6.45, 7) is 8.14. The first-order valence-electron chi connectivity index (χ1n) is 14.0. The molecule has 0 amide bonds. The van der Waals surface area contributed by atoms with Crippen LogP contribution in [0.5, 0.6) is 0 Å². The smallest absolute Gasteiger partial charge is 0.344 e. The molecule has 210 valence electrons. The summed E-state index contributed by atoms with van der Waals surface area (Å²) in [5, 5.41) is 0. The molecule has 5 nitrogen and oxygen atoms in total. The number of benzene rings is 3. The van der Waals surface area contributed by atoms with E-state index < -0.39 is 34.2 Å². The van der Waals surface area contributed by atoms with Crippen LogP contribution in [0.15, 0.2) is 81.4 Å². The summed E-state index contributed by atoms with van der Waals surface area (Å²) in [5.41, 5.74) is 2.24. The van der Waals surface area contributed by atoms with Crippen molar-refractivity contribution in [3.05, 3.63) is 89.0 Å². The third-order valence-electron chi connectivity index (χ3n) is 8.47. The lowest BCUT2D eigenvalue weighted by Crippen LogP contribution is -2.33. The molecular formula is C34H38O5S. The molecule has 1 unspecified atom stereocenters. The first-order chi connectivity index (χ1) is 19.0. The van der Waals surface area contributed by atoms with Crippen molar-refractivity contribution in [3.8, 4) is 0 Å². The van der Waals surface area contributed by atoms with Crippen molar-refractivity contribution >= 4 is 27.7 Å². The predicted octanol–water partition coefficient (Wildman–Crippen LogP) is 7.86. The maximum absolute atomic E-state index is 13.7. The van der Waals surface area contributed by atoms with Gasteiger partial charge in [-0.05, 0) is 96.7 Å². The van der Waals surface area contributed by atoms with Gasteiger partial charge in [0.05, 0.1) is 5.56 Å². The predicted molar refractivity (Wildman–Crippen MR) is 158 cm³/mol. The Morgan fingerprint density at radius 2 is 1.55 bits per heavy atom. The van der Waals surface area contributed by atoms with Gasteiger partial charge >= 0.3 is 11.9 Å². The lowest BCUT2D eigenvalue weighted by molar-refractivity contribution is -0.163. The Morgan fingerprint density at radius 1 is 0.900 bits per heavy atom. The molecule has 1 heterocycles. The van der Waals surface area contributed by atoms with Gasteiger partial charge in [-0.25, -0.2) is 9.59 Å². The first-order valence-corrected chi connectivity index (χ1v) is 16.1. The summed E-state index contributed by atoms with van der Waals surface area (Å²) < 4.78 is 11.1. The van der Waals surface area contributed by atoms with Gasteiger partial charge in [-0.15, -0.1) is 0 Å². The number of carbonyl (C=O) groups is 3. The number of hydrogen-bond donors (Lipinski definition) is 0. The summed E-state index contributed by atoms with van der Waals surface area (Å²) in [7, 11) is -1.77. The molecule has 0 radical (unpaired) electrons. The highest BCUT2D eigenvalue weighted by Crippen LogP contribution is 2.69. The molecule has 3 aromatic carbocycles. The fourth-order valence-corrected chi connectivity index (χ4v) is 9.28. The highest BCUT2D eigenvalue weighted by atomic mass is 32.3. The van der Waals surface area contributed by atoms with Crippen molar-refractivity contribution in [2.75, 3.05) is 12.9 Å². The number of ether oxygens (including phenoxy) is 2. The van der Waals surface area contributed by atoms with Gasteiger partial charge in [0, 0.05) is 20.9 Å². The largest absolute Gasteiger partial charge is 0.457 e. The zero-order chi connectivity index (χ0) is 28.7. The maximum Gasteiger partial charge on any atom is 0.344 e. The molecule has 0 bridgehead atoms. The van der Waals surface area contributed by atoms with E-state index in [2.05, 4.69) is 51.3 Å². The minimum atomic E-state index is -1.77. The molecule has 5 rings (SSSR count). The summed E-state index contributed by atoms with van der Waals surface area (Å²) in [6.07, 6.45) is 6.73. The summed E-state index contributed by atoms with van der Waals surface area (Å²) >= 11 is 0. The van der Waals surface area contributed by atoms with Gasteiger partial charge < -0.3 is 9.47 Å². The number of rotatable bonds is 6. The number of fused-ring (bicyclic) bond motifs is 2. The average Bonchev–Trinajstić information content (AvgIpc) is 3.42. The number of carbonyl (C=O) groups excluding carboxylic acids is 3. The Balaban J connectivity index is 1.45. The van der Waals surface area contributed by atoms with E-state index in [1.165, 1.54) is 5.56 Å². The standard InChI is InChI=1S/C34H38O5S/c1-6-34(19-9-10-20-34)39-30(35)22-38-32(37)23-13-18-29-27(21-23)31(36)26-11-7-8-12-28(26)40(29,5)25-16-14-24(15-17-25)33(2,3)4/h7-8,11-18,21H,6,9-10,19-20,22H2,1-5H3. The van der Waals surface area contributed by atoms with E-state index in [-0.39, 0.29) is 16.8 Å². The fraction of sp³-hybridized carbons (Fsp3) is 0.382. The van der Waals surface area contributed by atoms with E-state index in [9.17, 15) is 14.4 Å². The van der Waals surface area contributed by atoms with Gasteiger partial charge in [0.15, 0.2) is 12.4 Å². The number of hydrogen-bond acceptors (Lipinski definition) is 5. The van der Waals surface area contributed by atoms with Crippen LogP contribution in [0.25, 0.3) is 0 Å². The molecular weight excluding hydrogens is 520 g/mol. The van der Waals surface area contributed by atoms with Gasteiger partial charge in [0.25, 0.3) is 0 Å². The van der Waals surface area contributed by atoms with Crippen molar-refractivity contribution in [2.24, 2.45) is 0 Å². The van der Waals surface area contributed by atoms with E-state index in [1.807, 2.05) is 37.3 Å². The molecule has 3 aromatic rings. The van der Waals surface area contributed by atoms with Gasteiger partial charge in [-0.1, -0.05) is 52.0 Å². The number of esters is 2. The quantitative estimate of drug-likeness (QED) is 0.288. The summed E-state index contributed by atoms with van der Waals surface area (Å²) in [4.78, 5) is 42.3. The van der Waals surface area contributed by atoms with E-state index in [4.69, 9.17) is 9.47 Å². The van der Waals surface area contributed by atoms with Crippen LogP contribution in [0.4, 0.5) is 0 Å². The van der Waals surface area contributed by atoms with Gasteiger partial charge in [-0.2, -0.15) is 10.0 Å². The van der Waals surface area contributed by atoms with E-state index >= 15 is 0 Å². The van der Waals surface area contributed by atoms with Crippen LogP contribution < -0.4 is 0 Å². The molecule has 1 saturated carbocycles. The van der Waals surface area contributed by atoms with Gasteiger partial charge in [0.2, 0.25) is 0 Å². The molecule has 1 fully saturated rings. The second kappa shape index (κ2) is 10.5. The Morgan fingerprint density at radius 3 is 2.20 bits per heavy atom. The Hall–Kier alpha value is -3.38. The maximum atomic E-state index is 13.7. The fourth-order valence-electron chi connectivity index (χ4n) is 5.97. The van der Waals surface area contributed by atoms with Crippen molar-refractivity contribution in [3.63, 3.8) is 0 Å². The van der Waals surface area contributed by atoms with Crippen LogP contribution in [-0.2, 0) is 19.7 Å². The van der Waals surface area contributed by atoms with Crippen LogP contribution >= 0.6 is 10.0 Å². The highest BCUT2D eigenvalue weighted by molar-refractivity contribution is 8.33. The van der Waals surface area contributed by atoms with E-state index in [1.54, 1.807) is 12.1 Å². The molecule has 0 spiro atoms. The molecule has 2 aliphatic rings. The molecule has 0 aromatic heterocycles. The number of ketones is 1. The monoisotopic (exact) mass is 558 g/mol. The first kappa shape index (κ1) is 28.2. The van der Waals surface area contributed by atoms with Gasteiger partial charge in [-0.3, -0.25) is 4.79 Å². The van der Waals surface area contributed by atoms with Crippen molar-refractivity contribution in [1.29, 1.82) is 0 Å². The Bertz CT molecular complexity index is 1460. The molecule has 0 N–H and O–H groups in total. The third-order valence-corrected chi connectivity index (χ3v) is 12.2. The molecule has 40 heavy (non-hydrogen) atoms. The molecule has 6 heteroatoms. The van der Waals surface area contributed by atoms with E-state index in [0.29, 0.717) is 11.1 Å². The van der Waals surface area contributed by atoms with Gasteiger partial charge in [0.1, 0.15) is 5.60 Å². The normalized spacial score (nSPS) is 21.1. The summed E-state index contributed by atoms with van der Waals surface area (Å²) in [5.74, 6) is -1.28. The molecule has 1 atom stereocenters. The lowest BCUT2D eigenvalue weighted by atomic mass is 9.87. The topological polar surface area (TPSA) is 69.7 Å². The lowest BCUT2D eigenvalue weighted by Gasteiger charge is -2.43. The zero-order valence-electron chi connectivity index (χ0n) is 24.0. The van der Waals surface area contributed by atoms with Crippen LogP contribution in [0.3, 0.4) is 0 Å². The zero-order valence-corrected chi connectivity index (χ0v) is 24.9. The van der Waals surface area contributed by atoms with Crippen LogP contribution in [0, 0.1) is 0 Å². The highest BCUT2D eigenvalue weighted by Gasteiger charge is 2.39. The Kier molecular flexibility index (Phi) is 7.43. The summed E-state index contributed by atoms with van der Waals surface area (Å²) in [6, 6.07) is 21.7. The van der Waals surface area contributed by atoms with Crippen LogP contribution in [0.1, 0.15) is 91.6 Å². The molecule has 1 aliphatic heterocycles. The van der Waals surface area contributed by atoms with Crippen molar-refractivity contribution in [2.45, 2.75) is 85.5 Å². The van der Waals surface area contributed by atoms with Crippen LogP contribution in [-0.4, -0.2) is 36.2 Å². The average molecular weight is 559 g/mol. The van der Waals surface area contributed by atoms with E-state index in [0.717, 1.165) is 46.8 Å². The Labute approximate surface area is 238 Å². The minimum Gasteiger partial charge on any atom is -0.457 e. The second-order valence-corrected chi connectivity index (χ2v) is 15.2. The van der Waals surface area contributed by atoms with Crippen molar-refractivity contribution < 1.29 is 23.9 Å². The second-order valence-electron chi connectivity index (χ2n) is 12.0. The third kappa shape index (κ3) is 4.98. The molecule has 0 saturated heterocycles. The van der Waals surface area contributed by atoms with Crippen LogP contribution in [0.2, 0.25) is 0 Å². The molecule has 1 aliphatic carbocycles. The minimum absolute atomic E-state index is 0.0308.